The number of aliphatic hydroxyl groups is 1. The smallest absolute Gasteiger partial charge is 0.388 e. The maximum absolute atomic E-state index is 13.1. The van der Waals surface area contributed by atoms with Crippen LogP contribution in [0, 0.1) is 11.7 Å². The van der Waals surface area contributed by atoms with E-state index in [1.807, 2.05) is 0 Å². The number of alkyl halides is 3. The molecule has 0 radical (unpaired) electrons. The minimum atomic E-state index is -4.76. The molecule has 1 aromatic rings. The molecule has 2 atom stereocenters. The molecule has 1 aromatic carbocycles. The quantitative estimate of drug-likeness (QED) is 0.832. The summed E-state index contributed by atoms with van der Waals surface area (Å²) in [4.78, 5) is 0. The van der Waals surface area contributed by atoms with Crippen LogP contribution in [0.15, 0.2) is 18.2 Å². The van der Waals surface area contributed by atoms with E-state index >= 15 is 0 Å². The summed E-state index contributed by atoms with van der Waals surface area (Å²) in [7, 11) is 0. The van der Waals surface area contributed by atoms with Crippen molar-refractivity contribution >= 4 is 0 Å². The second-order valence-electron chi connectivity index (χ2n) is 4.31. The number of benzene rings is 1. The molecule has 100 valence electrons. The lowest BCUT2D eigenvalue weighted by Gasteiger charge is -2.18. The molecule has 1 fully saturated rings. The number of halogens is 4. The number of hydrogen-bond donors (Lipinski definition) is 1. The first-order valence-corrected chi connectivity index (χ1v) is 5.52. The first-order valence-electron chi connectivity index (χ1n) is 5.52. The van der Waals surface area contributed by atoms with E-state index in [-0.39, 0.29) is 11.5 Å². The maximum Gasteiger partial charge on any atom is 0.419 e. The van der Waals surface area contributed by atoms with Gasteiger partial charge < -0.3 is 9.84 Å². The van der Waals surface area contributed by atoms with Crippen LogP contribution < -0.4 is 0 Å². The fraction of sp³-hybridized carbons (Fsp3) is 0.500. The van der Waals surface area contributed by atoms with Gasteiger partial charge in [-0.3, -0.25) is 0 Å². The van der Waals surface area contributed by atoms with Crippen LogP contribution in [0.5, 0.6) is 0 Å². The molecular formula is C12H12F4O2. The highest BCUT2D eigenvalue weighted by Crippen LogP contribution is 2.35. The van der Waals surface area contributed by atoms with Gasteiger partial charge in [-0.15, -0.1) is 0 Å². The predicted molar refractivity (Wildman–Crippen MR) is 55.3 cm³/mol. The third-order valence-electron chi connectivity index (χ3n) is 3.05. The van der Waals surface area contributed by atoms with Crippen LogP contribution in [0.2, 0.25) is 0 Å². The molecule has 1 aliphatic rings. The second kappa shape index (κ2) is 4.85. The van der Waals surface area contributed by atoms with Gasteiger partial charge in [0.1, 0.15) is 5.82 Å². The summed E-state index contributed by atoms with van der Waals surface area (Å²) in [6.45, 7) is 0.787. The Morgan fingerprint density at radius 1 is 1.33 bits per heavy atom. The van der Waals surface area contributed by atoms with Gasteiger partial charge in [-0.05, 0) is 24.1 Å². The van der Waals surface area contributed by atoms with Crippen molar-refractivity contribution in [3.05, 3.63) is 35.1 Å². The van der Waals surface area contributed by atoms with Crippen molar-refractivity contribution in [3.8, 4) is 0 Å². The zero-order valence-electron chi connectivity index (χ0n) is 9.38. The molecule has 1 heterocycles. The Labute approximate surface area is 101 Å². The molecule has 6 heteroatoms. The Kier molecular flexibility index (Phi) is 3.59. The molecule has 2 rings (SSSR count). The summed E-state index contributed by atoms with van der Waals surface area (Å²) < 4.78 is 55.7. The summed E-state index contributed by atoms with van der Waals surface area (Å²) in [5, 5.41) is 9.93. The van der Waals surface area contributed by atoms with Crippen molar-refractivity contribution in [1.82, 2.24) is 0 Å². The Bertz CT molecular complexity index is 425. The van der Waals surface area contributed by atoms with Gasteiger partial charge in [0.2, 0.25) is 0 Å². The summed E-state index contributed by atoms with van der Waals surface area (Å²) in [5.74, 6) is -1.57. The van der Waals surface area contributed by atoms with Gasteiger partial charge in [0.05, 0.1) is 18.3 Å². The topological polar surface area (TPSA) is 29.5 Å². The number of ether oxygens (including phenoxy) is 1. The minimum absolute atomic E-state index is 0.0687. The van der Waals surface area contributed by atoms with Crippen LogP contribution >= 0.6 is 0 Å². The molecule has 0 spiro atoms. The number of hydrogen-bond acceptors (Lipinski definition) is 2. The highest BCUT2D eigenvalue weighted by Gasteiger charge is 2.35. The normalized spacial score (nSPS) is 22.2. The summed E-state index contributed by atoms with van der Waals surface area (Å²) in [6, 6.07) is 2.57. The minimum Gasteiger partial charge on any atom is -0.388 e. The van der Waals surface area contributed by atoms with E-state index in [2.05, 4.69) is 0 Å². The fourth-order valence-corrected chi connectivity index (χ4v) is 2.02. The summed E-state index contributed by atoms with van der Waals surface area (Å²) in [6.07, 6.45) is -5.24. The molecule has 0 aliphatic carbocycles. The van der Waals surface area contributed by atoms with Crippen LogP contribution in [0.4, 0.5) is 17.6 Å². The van der Waals surface area contributed by atoms with Crippen molar-refractivity contribution in [1.29, 1.82) is 0 Å². The van der Waals surface area contributed by atoms with E-state index in [0.717, 1.165) is 6.07 Å². The van der Waals surface area contributed by atoms with Gasteiger partial charge in [-0.1, -0.05) is 6.07 Å². The third kappa shape index (κ3) is 2.64. The molecule has 2 unspecified atom stereocenters. The van der Waals surface area contributed by atoms with Gasteiger partial charge in [-0.2, -0.15) is 13.2 Å². The van der Waals surface area contributed by atoms with Gasteiger partial charge in [0, 0.05) is 12.5 Å². The van der Waals surface area contributed by atoms with Crippen molar-refractivity contribution in [2.75, 3.05) is 13.2 Å². The van der Waals surface area contributed by atoms with E-state index in [9.17, 15) is 22.7 Å². The average molecular weight is 264 g/mol. The van der Waals surface area contributed by atoms with Crippen LogP contribution in [-0.4, -0.2) is 18.3 Å². The predicted octanol–water partition coefficient (Wildman–Crippen LogP) is 2.91. The highest BCUT2D eigenvalue weighted by atomic mass is 19.4. The molecule has 0 aromatic heterocycles. The molecule has 1 saturated heterocycles. The average Bonchev–Trinajstić information content (AvgIpc) is 2.80. The monoisotopic (exact) mass is 264 g/mol. The largest absolute Gasteiger partial charge is 0.419 e. The zero-order valence-corrected chi connectivity index (χ0v) is 9.38. The van der Waals surface area contributed by atoms with E-state index in [4.69, 9.17) is 4.74 Å². The molecule has 2 nitrogen and oxygen atoms in total. The molecule has 0 amide bonds. The molecule has 0 bridgehead atoms. The Hall–Kier alpha value is -1.14. The molecule has 0 saturated carbocycles. The summed E-state index contributed by atoms with van der Waals surface area (Å²) >= 11 is 0. The zero-order chi connectivity index (χ0) is 13.3. The lowest BCUT2D eigenvalue weighted by molar-refractivity contribution is -0.140. The SMILES string of the molecule is OC(c1ccc(F)c(C(F)(F)F)c1)C1CCOC1. The van der Waals surface area contributed by atoms with Crippen molar-refractivity contribution in [3.63, 3.8) is 0 Å². The van der Waals surface area contributed by atoms with E-state index < -0.39 is 23.7 Å². The fourth-order valence-electron chi connectivity index (χ4n) is 2.02. The van der Waals surface area contributed by atoms with Gasteiger partial charge >= 0.3 is 6.18 Å². The number of aliphatic hydroxyl groups excluding tert-OH is 1. The van der Waals surface area contributed by atoms with Crippen LogP contribution in [-0.2, 0) is 10.9 Å². The Morgan fingerprint density at radius 3 is 2.61 bits per heavy atom. The van der Waals surface area contributed by atoms with Crippen LogP contribution in [0.3, 0.4) is 0 Å². The van der Waals surface area contributed by atoms with Gasteiger partial charge in [0.25, 0.3) is 0 Å². The summed E-state index contributed by atoms with van der Waals surface area (Å²) in [5.41, 5.74) is -1.28. The second-order valence-corrected chi connectivity index (χ2v) is 4.31. The van der Waals surface area contributed by atoms with Crippen LogP contribution in [0.1, 0.15) is 23.7 Å². The molecule has 1 aliphatic heterocycles. The van der Waals surface area contributed by atoms with E-state index in [1.54, 1.807) is 0 Å². The van der Waals surface area contributed by atoms with Crippen LogP contribution in [0.25, 0.3) is 0 Å². The first kappa shape index (κ1) is 13.3. The third-order valence-corrected chi connectivity index (χ3v) is 3.05. The lowest BCUT2D eigenvalue weighted by Crippen LogP contribution is -2.15. The van der Waals surface area contributed by atoms with Crippen molar-refractivity contribution < 1.29 is 27.4 Å². The highest BCUT2D eigenvalue weighted by molar-refractivity contribution is 5.29. The molecule has 1 N–H and O–H groups in total. The Balaban J connectivity index is 2.28. The lowest BCUT2D eigenvalue weighted by atomic mass is 9.94. The van der Waals surface area contributed by atoms with Gasteiger partial charge in [0.15, 0.2) is 0 Å². The van der Waals surface area contributed by atoms with E-state index in [1.165, 1.54) is 6.07 Å². The molecule has 18 heavy (non-hydrogen) atoms. The maximum atomic E-state index is 13.1. The Morgan fingerprint density at radius 2 is 2.06 bits per heavy atom. The number of rotatable bonds is 2. The molecular weight excluding hydrogens is 252 g/mol. The van der Waals surface area contributed by atoms with Crippen molar-refractivity contribution in [2.24, 2.45) is 5.92 Å². The first-order chi connectivity index (χ1) is 8.39. The standard InChI is InChI=1S/C12H12F4O2/c13-10-2-1-7(5-9(10)12(14,15)16)11(17)8-3-4-18-6-8/h1-2,5,8,11,17H,3-4,6H2. The van der Waals surface area contributed by atoms with Crippen molar-refractivity contribution in [2.45, 2.75) is 18.7 Å². The van der Waals surface area contributed by atoms with E-state index in [0.29, 0.717) is 25.7 Å². The van der Waals surface area contributed by atoms with Gasteiger partial charge in [-0.25, -0.2) is 4.39 Å².